The van der Waals surface area contributed by atoms with Gasteiger partial charge in [0.1, 0.15) is 0 Å². The average Bonchev–Trinajstić information content (AvgIpc) is 2.27. The number of halogens is 1. The van der Waals surface area contributed by atoms with Crippen molar-refractivity contribution in [3.8, 4) is 0 Å². The minimum absolute atomic E-state index is 0. The molecule has 0 bridgehead atoms. The fourth-order valence-corrected chi connectivity index (χ4v) is 1.24. The van der Waals surface area contributed by atoms with Crippen LogP contribution in [-0.4, -0.2) is 64.3 Å². The zero-order valence-corrected chi connectivity index (χ0v) is 13.9. The Balaban J connectivity index is 0. The monoisotopic (exact) mass is 358 g/mol. The number of nitrogens with zero attached hydrogens (tertiary/aromatic N) is 2. The van der Waals surface area contributed by atoms with Crippen LogP contribution in [0.3, 0.4) is 0 Å². The summed E-state index contributed by atoms with van der Waals surface area (Å²) in [6, 6.07) is 0.264. The molecule has 0 aliphatic heterocycles. The summed E-state index contributed by atoms with van der Waals surface area (Å²) in [7, 11) is 5.58. The summed E-state index contributed by atoms with van der Waals surface area (Å²) in [5.41, 5.74) is 0. The zero-order valence-electron chi connectivity index (χ0n) is 11.6. The molecule has 0 radical (unpaired) electrons. The Labute approximate surface area is 122 Å². The van der Waals surface area contributed by atoms with E-state index in [1.807, 2.05) is 0 Å². The van der Waals surface area contributed by atoms with Crippen molar-refractivity contribution in [2.75, 3.05) is 47.4 Å². The van der Waals surface area contributed by atoms with Crippen LogP contribution in [-0.2, 0) is 4.74 Å². The highest BCUT2D eigenvalue weighted by atomic mass is 127. The highest BCUT2D eigenvalue weighted by Crippen LogP contribution is 1.83. The van der Waals surface area contributed by atoms with Gasteiger partial charge in [-0.2, -0.15) is 0 Å². The Morgan fingerprint density at radius 2 is 2.12 bits per heavy atom. The summed E-state index contributed by atoms with van der Waals surface area (Å²) >= 11 is 0. The molecule has 104 valence electrons. The van der Waals surface area contributed by atoms with Crippen LogP contribution in [0.5, 0.6) is 0 Å². The molecular weight excluding hydrogens is 331 g/mol. The second-order valence-electron chi connectivity index (χ2n) is 3.90. The standard InChI is InChI=1S/C11H26N4O.HI/c1-6-15(4)8-7-13-11(12-3)14-10(2)9-16-5;/h10H,6-9H2,1-5H3,(H2,12,13,14);1H. The van der Waals surface area contributed by atoms with E-state index in [1.54, 1.807) is 14.2 Å². The van der Waals surface area contributed by atoms with Crippen molar-refractivity contribution in [1.29, 1.82) is 0 Å². The first-order chi connectivity index (χ1) is 7.63. The predicted molar refractivity (Wildman–Crippen MR) is 84.4 cm³/mol. The molecule has 0 saturated heterocycles. The fourth-order valence-electron chi connectivity index (χ4n) is 1.24. The van der Waals surface area contributed by atoms with Crippen LogP contribution >= 0.6 is 24.0 Å². The van der Waals surface area contributed by atoms with E-state index in [1.165, 1.54) is 0 Å². The zero-order chi connectivity index (χ0) is 12.4. The summed E-state index contributed by atoms with van der Waals surface area (Å²) in [5.74, 6) is 0.828. The van der Waals surface area contributed by atoms with E-state index in [4.69, 9.17) is 4.74 Å². The average molecular weight is 358 g/mol. The molecule has 0 heterocycles. The van der Waals surface area contributed by atoms with Gasteiger partial charge in [-0.3, -0.25) is 4.99 Å². The molecule has 1 unspecified atom stereocenters. The molecule has 0 aromatic carbocycles. The molecule has 0 spiro atoms. The largest absolute Gasteiger partial charge is 0.383 e. The lowest BCUT2D eigenvalue weighted by Gasteiger charge is -2.19. The maximum atomic E-state index is 5.06. The van der Waals surface area contributed by atoms with Crippen LogP contribution in [0, 0.1) is 0 Å². The number of likely N-dealkylation sites (N-methyl/N-ethyl adjacent to an activating group) is 1. The van der Waals surface area contributed by atoms with E-state index in [9.17, 15) is 0 Å². The molecule has 5 nitrogen and oxygen atoms in total. The third-order valence-corrected chi connectivity index (χ3v) is 2.35. The molecule has 0 fully saturated rings. The molecule has 6 heteroatoms. The van der Waals surface area contributed by atoms with Crippen LogP contribution in [0.4, 0.5) is 0 Å². The Morgan fingerprint density at radius 3 is 2.59 bits per heavy atom. The van der Waals surface area contributed by atoms with Crippen LogP contribution in [0.15, 0.2) is 4.99 Å². The van der Waals surface area contributed by atoms with Crippen molar-refractivity contribution in [1.82, 2.24) is 15.5 Å². The van der Waals surface area contributed by atoms with Gasteiger partial charge in [0, 0.05) is 33.3 Å². The Kier molecular flexibility index (Phi) is 14.0. The van der Waals surface area contributed by atoms with Crippen molar-refractivity contribution < 1.29 is 4.74 Å². The molecule has 0 aromatic rings. The second-order valence-corrected chi connectivity index (χ2v) is 3.90. The maximum absolute atomic E-state index is 5.06. The number of ether oxygens (including phenoxy) is 1. The topological polar surface area (TPSA) is 48.9 Å². The molecule has 0 aliphatic rings. The van der Waals surface area contributed by atoms with Gasteiger partial charge in [-0.25, -0.2) is 0 Å². The van der Waals surface area contributed by atoms with Crippen LogP contribution in [0.2, 0.25) is 0 Å². The van der Waals surface area contributed by atoms with Crippen molar-refractivity contribution in [2.24, 2.45) is 4.99 Å². The number of methoxy groups -OCH3 is 1. The van der Waals surface area contributed by atoms with Gasteiger partial charge in [-0.05, 0) is 20.5 Å². The molecule has 0 aliphatic carbocycles. The lowest BCUT2D eigenvalue weighted by atomic mass is 10.4. The normalized spacial score (nSPS) is 13.2. The van der Waals surface area contributed by atoms with Gasteiger partial charge in [-0.1, -0.05) is 6.92 Å². The number of hydrogen-bond acceptors (Lipinski definition) is 3. The lowest BCUT2D eigenvalue weighted by Crippen LogP contribution is -2.45. The predicted octanol–water partition coefficient (Wildman–Crippen LogP) is 0.756. The smallest absolute Gasteiger partial charge is 0.191 e. The molecular formula is C11H27IN4O. The highest BCUT2D eigenvalue weighted by Gasteiger charge is 2.04. The van der Waals surface area contributed by atoms with Gasteiger partial charge in [0.2, 0.25) is 0 Å². The Morgan fingerprint density at radius 1 is 1.47 bits per heavy atom. The molecule has 0 aromatic heterocycles. The summed E-state index contributed by atoms with van der Waals surface area (Å²) in [6.45, 7) is 7.85. The van der Waals surface area contributed by atoms with Gasteiger partial charge in [0.15, 0.2) is 5.96 Å². The minimum atomic E-state index is 0. The van der Waals surface area contributed by atoms with Crippen molar-refractivity contribution in [2.45, 2.75) is 19.9 Å². The summed E-state index contributed by atoms with van der Waals surface area (Å²) < 4.78 is 5.06. The summed E-state index contributed by atoms with van der Waals surface area (Å²) in [6.07, 6.45) is 0. The molecule has 0 rings (SSSR count). The van der Waals surface area contributed by atoms with Crippen LogP contribution in [0.1, 0.15) is 13.8 Å². The minimum Gasteiger partial charge on any atom is -0.383 e. The lowest BCUT2D eigenvalue weighted by molar-refractivity contribution is 0.179. The van der Waals surface area contributed by atoms with E-state index in [-0.39, 0.29) is 30.0 Å². The first-order valence-corrected chi connectivity index (χ1v) is 5.78. The van der Waals surface area contributed by atoms with E-state index >= 15 is 0 Å². The molecule has 2 N–H and O–H groups in total. The quantitative estimate of drug-likeness (QED) is 0.401. The SMILES string of the molecule is CCN(C)CCNC(=NC)NC(C)COC.I. The highest BCUT2D eigenvalue weighted by molar-refractivity contribution is 14.0. The number of guanidine groups is 1. The number of hydrogen-bond donors (Lipinski definition) is 2. The van der Waals surface area contributed by atoms with E-state index in [0.29, 0.717) is 6.61 Å². The number of rotatable bonds is 7. The third-order valence-electron chi connectivity index (χ3n) is 2.35. The summed E-state index contributed by atoms with van der Waals surface area (Å²) in [4.78, 5) is 6.40. The van der Waals surface area contributed by atoms with Gasteiger partial charge in [-0.15, -0.1) is 24.0 Å². The number of aliphatic imine (C=N–C) groups is 1. The fraction of sp³-hybridized carbons (Fsp3) is 0.909. The first kappa shape index (κ1) is 19.3. The molecule has 1 atom stereocenters. The van der Waals surface area contributed by atoms with Gasteiger partial charge in [0.25, 0.3) is 0 Å². The van der Waals surface area contributed by atoms with E-state index < -0.39 is 0 Å². The van der Waals surface area contributed by atoms with E-state index in [0.717, 1.165) is 25.6 Å². The summed E-state index contributed by atoms with van der Waals surface area (Å²) in [5, 5.41) is 6.52. The second kappa shape index (κ2) is 12.4. The first-order valence-electron chi connectivity index (χ1n) is 5.78. The van der Waals surface area contributed by atoms with Crippen molar-refractivity contribution in [3.63, 3.8) is 0 Å². The molecule has 0 amide bonds. The Bertz CT molecular complexity index is 202. The van der Waals surface area contributed by atoms with Gasteiger partial charge in [0.05, 0.1) is 6.61 Å². The third kappa shape index (κ3) is 10.8. The van der Waals surface area contributed by atoms with Gasteiger partial charge >= 0.3 is 0 Å². The van der Waals surface area contributed by atoms with Gasteiger partial charge < -0.3 is 20.3 Å². The molecule has 0 saturated carbocycles. The van der Waals surface area contributed by atoms with Crippen LogP contribution in [0.25, 0.3) is 0 Å². The van der Waals surface area contributed by atoms with E-state index in [2.05, 4.69) is 41.4 Å². The van der Waals surface area contributed by atoms with Crippen LogP contribution < -0.4 is 10.6 Å². The maximum Gasteiger partial charge on any atom is 0.191 e. The van der Waals surface area contributed by atoms with Crippen molar-refractivity contribution >= 4 is 29.9 Å². The van der Waals surface area contributed by atoms with Crippen molar-refractivity contribution in [3.05, 3.63) is 0 Å². The molecule has 17 heavy (non-hydrogen) atoms. The Hall–Kier alpha value is -0.0800. The number of nitrogens with one attached hydrogen (secondary N) is 2.